The Labute approximate surface area is 184 Å². The van der Waals surface area contributed by atoms with Crippen molar-refractivity contribution in [2.75, 3.05) is 13.2 Å². The zero-order valence-electron chi connectivity index (χ0n) is 18.4. The topological polar surface area (TPSA) is 157 Å². The summed E-state index contributed by atoms with van der Waals surface area (Å²) in [5, 5.41) is 51.0. The Morgan fingerprint density at radius 2 is 1.42 bits per heavy atom. The summed E-state index contributed by atoms with van der Waals surface area (Å²) >= 11 is 0. The molecule has 1 saturated heterocycles. The van der Waals surface area contributed by atoms with Gasteiger partial charge in [0.2, 0.25) is 5.91 Å². The number of carboxylic acid groups (broad SMARTS) is 1. The van der Waals surface area contributed by atoms with Crippen molar-refractivity contribution < 1.29 is 39.9 Å². The minimum Gasteiger partial charge on any atom is -0.478 e. The van der Waals surface area contributed by atoms with Gasteiger partial charge in [-0.3, -0.25) is 4.79 Å². The number of carbonyl (C=O) groups excluding carboxylic acids is 1. The number of unbranched alkanes of at least 4 members (excludes halogenated alkanes) is 9. The second kappa shape index (κ2) is 15.3. The molecule has 0 bridgehead atoms. The lowest BCUT2D eigenvalue weighted by atomic mass is 9.91. The van der Waals surface area contributed by atoms with Gasteiger partial charge in [0.1, 0.15) is 30.5 Å². The van der Waals surface area contributed by atoms with Crippen LogP contribution in [-0.4, -0.2) is 81.1 Å². The van der Waals surface area contributed by atoms with Crippen molar-refractivity contribution in [1.29, 1.82) is 0 Å². The Morgan fingerprint density at radius 1 is 0.871 bits per heavy atom. The van der Waals surface area contributed by atoms with Gasteiger partial charge in [-0.05, 0) is 6.42 Å². The molecular formula is C22H39NO8. The molecule has 9 heteroatoms. The van der Waals surface area contributed by atoms with E-state index in [4.69, 9.17) is 4.74 Å². The van der Waals surface area contributed by atoms with Crippen molar-refractivity contribution in [3.63, 3.8) is 0 Å². The molecule has 0 aromatic rings. The molecule has 1 amide bonds. The maximum atomic E-state index is 12.1. The van der Waals surface area contributed by atoms with E-state index in [2.05, 4.69) is 12.2 Å². The number of aliphatic hydroxyl groups is 4. The molecule has 1 unspecified atom stereocenters. The average Bonchev–Trinajstić information content (AvgIpc) is 2.74. The van der Waals surface area contributed by atoms with Crippen molar-refractivity contribution in [3.8, 4) is 0 Å². The molecule has 1 aliphatic rings. The molecule has 0 spiro atoms. The standard InChI is InChI=1S/C22H39NO8/c1-2-3-4-5-6-7-8-9-10-11-12-23-17(25)13-15(22(29)30)21-20(28)19(27)18(26)16(14-24)31-21/h13,16,18-21,24,26-28H,2-12,14H2,1H3,(H,23,25)(H,29,30)/b15-13-/t16-,18-,19+,20-,21?/m1/s1. The van der Waals surface area contributed by atoms with Crippen LogP contribution >= 0.6 is 0 Å². The lowest BCUT2D eigenvalue weighted by molar-refractivity contribution is -0.220. The SMILES string of the molecule is CCCCCCCCCCCCNC(=O)/C=C(\C(=O)O)C1O[C@H](CO)[C@@H](O)[C@H](O)[C@H]1O. The molecule has 0 aromatic heterocycles. The first-order chi connectivity index (χ1) is 14.8. The van der Waals surface area contributed by atoms with E-state index in [0.717, 1.165) is 25.3 Å². The summed E-state index contributed by atoms with van der Waals surface area (Å²) < 4.78 is 5.23. The zero-order chi connectivity index (χ0) is 23.2. The van der Waals surface area contributed by atoms with E-state index < -0.39 is 54.6 Å². The molecule has 31 heavy (non-hydrogen) atoms. The number of aliphatic carboxylic acids is 1. The first-order valence-corrected chi connectivity index (χ1v) is 11.4. The molecule has 0 saturated carbocycles. The van der Waals surface area contributed by atoms with Crippen LogP contribution in [0.2, 0.25) is 0 Å². The second-order valence-electron chi connectivity index (χ2n) is 8.13. The average molecular weight is 446 g/mol. The molecule has 1 fully saturated rings. The fraction of sp³-hybridized carbons (Fsp3) is 0.818. The third-order valence-corrected chi connectivity index (χ3v) is 5.56. The molecule has 0 aliphatic carbocycles. The third kappa shape index (κ3) is 9.65. The van der Waals surface area contributed by atoms with Crippen LogP contribution in [0.4, 0.5) is 0 Å². The highest BCUT2D eigenvalue weighted by molar-refractivity contribution is 5.98. The summed E-state index contributed by atoms with van der Waals surface area (Å²) in [6, 6.07) is 0. The Morgan fingerprint density at radius 3 is 1.94 bits per heavy atom. The maximum Gasteiger partial charge on any atom is 0.334 e. The van der Waals surface area contributed by atoms with E-state index >= 15 is 0 Å². The monoisotopic (exact) mass is 445 g/mol. The van der Waals surface area contributed by atoms with Crippen LogP contribution in [0.15, 0.2) is 11.6 Å². The summed E-state index contributed by atoms with van der Waals surface area (Å²) in [7, 11) is 0. The van der Waals surface area contributed by atoms with Crippen molar-refractivity contribution in [2.45, 2.75) is 102 Å². The molecule has 0 aromatic carbocycles. The first kappa shape index (κ1) is 27.5. The van der Waals surface area contributed by atoms with Gasteiger partial charge in [-0.25, -0.2) is 4.79 Å². The Bertz CT molecular complexity index is 566. The zero-order valence-corrected chi connectivity index (χ0v) is 18.4. The van der Waals surface area contributed by atoms with Crippen LogP contribution in [-0.2, 0) is 14.3 Å². The van der Waals surface area contributed by atoms with Crippen molar-refractivity contribution in [1.82, 2.24) is 5.32 Å². The van der Waals surface area contributed by atoms with Gasteiger partial charge in [0.25, 0.3) is 0 Å². The molecular weight excluding hydrogens is 406 g/mol. The molecule has 1 aliphatic heterocycles. The van der Waals surface area contributed by atoms with Gasteiger partial charge in [0, 0.05) is 12.6 Å². The molecule has 9 nitrogen and oxygen atoms in total. The van der Waals surface area contributed by atoms with Gasteiger partial charge in [-0.1, -0.05) is 64.7 Å². The van der Waals surface area contributed by atoms with Crippen LogP contribution in [0, 0.1) is 0 Å². The minimum absolute atomic E-state index is 0.396. The van der Waals surface area contributed by atoms with Crippen molar-refractivity contribution in [2.24, 2.45) is 0 Å². The largest absolute Gasteiger partial charge is 0.478 e. The second-order valence-corrected chi connectivity index (χ2v) is 8.13. The fourth-order valence-corrected chi connectivity index (χ4v) is 3.64. The van der Waals surface area contributed by atoms with E-state index in [1.807, 2.05) is 0 Å². The van der Waals surface area contributed by atoms with Crippen LogP contribution in [0.5, 0.6) is 0 Å². The lowest BCUT2D eigenvalue weighted by Gasteiger charge is -2.40. The number of carbonyl (C=O) groups is 2. The van der Waals surface area contributed by atoms with E-state index in [1.165, 1.54) is 44.9 Å². The number of hydrogen-bond acceptors (Lipinski definition) is 7. The number of hydrogen-bond donors (Lipinski definition) is 6. The van der Waals surface area contributed by atoms with Crippen LogP contribution in [0.3, 0.4) is 0 Å². The van der Waals surface area contributed by atoms with Gasteiger partial charge < -0.3 is 35.6 Å². The van der Waals surface area contributed by atoms with Crippen molar-refractivity contribution >= 4 is 11.9 Å². The van der Waals surface area contributed by atoms with Gasteiger partial charge in [0.15, 0.2) is 0 Å². The summed E-state index contributed by atoms with van der Waals surface area (Å²) in [5.41, 5.74) is -0.558. The number of nitrogens with one attached hydrogen (secondary N) is 1. The summed E-state index contributed by atoms with van der Waals surface area (Å²) in [6.07, 6.45) is 4.56. The molecule has 0 radical (unpaired) electrons. The highest BCUT2D eigenvalue weighted by atomic mass is 16.5. The highest BCUT2D eigenvalue weighted by Gasteiger charge is 2.46. The van der Waals surface area contributed by atoms with E-state index in [1.54, 1.807) is 0 Å². The molecule has 1 heterocycles. The predicted octanol–water partition coefficient (Wildman–Crippen LogP) is 0.877. The molecule has 6 N–H and O–H groups in total. The summed E-state index contributed by atoms with van der Waals surface area (Å²) in [6.45, 7) is 1.92. The van der Waals surface area contributed by atoms with Crippen LogP contribution in [0.25, 0.3) is 0 Å². The molecule has 1 rings (SSSR count). The number of amides is 1. The van der Waals surface area contributed by atoms with Crippen LogP contribution < -0.4 is 5.32 Å². The predicted molar refractivity (Wildman–Crippen MR) is 114 cm³/mol. The fourth-order valence-electron chi connectivity index (χ4n) is 3.64. The summed E-state index contributed by atoms with van der Waals surface area (Å²) in [4.78, 5) is 23.7. The Hall–Kier alpha value is -1.52. The van der Waals surface area contributed by atoms with E-state index in [-0.39, 0.29) is 0 Å². The summed E-state index contributed by atoms with van der Waals surface area (Å²) in [5.74, 6) is -2.15. The maximum absolute atomic E-state index is 12.1. The number of rotatable bonds is 15. The van der Waals surface area contributed by atoms with Crippen molar-refractivity contribution in [3.05, 3.63) is 11.6 Å². The Balaban J connectivity index is 2.40. The van der Waals surface area contributed by atoms with Gasteiger partial charge in [0.05, 0.1) is 12.2 Å². The molecule has 5 atom stereocenters. The lowest BCUT2D eigenvalue weighted by Crippen LogP contribution is -2.59. The van der Waals surface area contributed by atoms with Gasteiger partial charge >= 0.3 is 5.97 Å². The minimum atomic E-state index is -1.75. The number of aliphatic hydroxyl groups excluding tert-OH is 4. The normalized spacial score (nSPS) is 26.6. The first-order valence-electron chi connectivity index (χ1n) is 11.4. The third-order valence-electron chi connectivity index (χ3n) is 5.56. The number of ether oxygens (including phenoxy) is 1. The number of carboxylic acids is 1. The van der Waals surface area contributed by atoms with Gasteiger partial charge in [-0.2, -0.15) is 0 Å². The van der Waals surface area contributed by atoms with Gasteiger partial charge in [-0.15, -0.1) is 0 Å². The quantitative estimate of drug-likeness (QED) is 0.160. The smallest absolute Gasteiger partial charge is 0.334 e. The Kier molecular flexibility index (Phi) is 13.6. The van der Waals surface area contributed by atoms with E-state index in [9.17, 15) is 35.1 Å². The van der Waals surface area contributed by atoms with E-state index in [0.29, 0.717) is 6.54 Å². The molecule has 180 valence electrons. The highest BCUT2D eigenvalue weighted by Crippen LogP contribution is 2.26. The van der Waals surface area contributed by atoms with Crippen LogP contribution in [0.1, 0.15) is 71.1 Å².